The van der Waals surface area contributed by atoms with Gasteiger partial charge in [0.2, 0.25) is 11.6 Å². The van der Waals surface area contributed by atoms with Crippen molar-refractivity contribution in [1.82, 2.24) is 4.57 Å². The first-order valence-electron chi connectivity index (χ1n) is 17.1. The summed E-state index contributed by atoms with van der Waals surface area (Å²) >= 11 is 0. The van der Waals surface area contributed by atoms with Crippen LogP contribution in [0.5, 0.6) is 0 Å². The number of aryl methyl sites for hydroxylation is 1. The molecular formula is C40H36N4O8. The summed E-state index contributed by atoms with van der Waals surface area (Å²) in [5.74, 6) is -2.14. The Morgan fingerprint density at radius 2 is 1.37 bits per heavy atom. The molecule has 1 saturated carbocycles. The van der Waals surface area contributed by atoms with Crippen molar-refractivity contribution in [1.29, 1.82) is 0 Å². The summed E-state index contributed by atoms with van der Waals surface area (Å²) in [6, 6.07) is 24.1. The highest BCUT2D eigenvalue weighted by Crippen LogP contribution is 2.37. The zero-order valence-electron chi connectivity index (χ0n) is 28.7. The van der Waals surface area contributed by atoms with Crippen LogP contribution in [0.4, 0.5) is 5.69 Å². The Hall–Kier alpha value is -6.30. The van der Waals surface area contributed by atoms with Gasteiger partial charge in [0.05, 0.1) is 16.1 Å². The number of nitro groups is 1. The van der Waals surface area contributed by atoms with E-state index < -0.39 is 28.4 Å². The van der Waals surface area contributed by atoms with E-state index in [-0.39, 0.29) is 39.3 Å². The van der Waals surface area contributed by atoms with Gasteiger partial charge < -0.3 is 14.2 Å². The fourth-order valence-electron chi connectivity index (χ4n) is 6.67. The lowest BCUT2D eigenvalue weighted by Gasteiger charge is -2.10. The lowest BCUT2D eigenvalue weighted by Crippen LogP contribution is -2.17. The minimum atomic E-state index is -0.765. The molecule has 0 radical (unpaired) electrons. The number of Topliss-reactive ketones (excluding diaryl/α,β-unsaturated/α-hetero) is 2. The predicted molar refractivity (Wildman–Crippen MR) is 196 cm³/mol. The van der Waals surface area contributed by atoms with Gasteiger partial charge in [0.25, 0.3) is 5.69 Å². The van der Waals surface area contributed by atoms with E-state index in [1.54, 1.807) is 71.3 Å². The lowest BCUT2D eigenvalue weighted by molar-refractivity contribution is -0.383. The van der Waals surface area contributed by atoms with Gasteiger partial charge in [0.1, 0.15) is 16.9 Å². The fraction of sp³-hybridized carbons (Fsp3) is 0.250. The summed E-state index contributed by atoms with van der Waals surface area (Å²) in [5.41, 5.74) is 1.21. The molecule has 0 aliphatic heterocycles. The molecule has 12 nitrogen and oxygen atoms in total. The number of hydrogen-bond acceptors (Lipinski definition) is 10. The predicted octanol–water partition coefficient (Wildman–Crippen LogP) is 8.50. The highest BCUT2D eigenvalue weighted by molar-refractivity contribution is 6.47. The van der Waals surface area contributed by atoms with Crippen LogP contribution < -0.4 is 0 Å². The highest BCUT2D eigenvalue weighted by atomic mass is 16.7. The summed E-state index contributed by atoms with van der Waals surface area (Å²) in [4.78, 5) is 74.8. The van der Waals surface area contributed by atoms with Crippen LogP contribution in [0.2, 0.25) is 0 Å². The standard InChI is InChI=1S/C40H36N4O8/c1-3-43-34-21-19-29(38(46)33(20-18-26-12-10-11-13-26)42-52-40(48)28-16-8-5-9-17-28)22-31(34)32-23-30(24-35(36(32)43)44(49)50)37(45)25(2)41-51-39(47)27-14-6-4-7-15-27/h4-9,14-17,19,21-24,26H,3,10-13,18,20H2,1-2H3/b41-25+,42-33+. The third-order valence-electron chi connectivity index (χ3n) is 9.35. The van der Waals surface area contributed by atoms with E-state index in [2.05, 4.69) is 10.3 Å². The van der Waals surface area contributed by atoms with Crippen LogP contribution in [0.3, 0.4) is 0 Å². The minimum Gasteiger partial charge on any atom is -0.335 e. The average Bonchev–Trinajstić information content (AvgIpc) is 3.82. The number of benzene rings is 4. The first-order valence-corrected chi connectivity index (χ1v) is 17.1. The molecule has 0 N–H and O–H groups in total. The van der Waals surface area contributed by atoms with E-state index in [0.29, 0.717) is 47.2 Å². The number of oxime groups is 2. The molecule has 1 fully saturated rings. The van der Waals surface area contributed by atoms with E-state index in [4.69, 9.17) is 9.68 Å². The molecule has 1 aliphatic rings. The van der Waals surface area contributed by atoms with Gasteiger partial charge in [-0.3, -0.25) is 19.7 Å². The Morgan fingerprint density at radius 1 is 0.769 bits per heavy atom. The quantitative estimate of drug-likeness (QED) is 0.0389. The smallest absolute Gasteiger partial charge is 0.335 e. The maximum Gasteiger partial charge on any atom is 0.365 e. The van der Waals surface area contributed by atoms with E-state index in [1.165, 1.54) is 31.2 Å². The van der Waals surface area contributed by atoms with Crippen molar-refractivity contribution >= 4 is 62.4 Å². The molecule has 1 aliphatic carbocycles. The zero-order valence-corrected chi connectivity index (χ0v) is 28.7. The van der Waals surface area contributed by atoms with Crippen molar-refractivity contribution < 1.29 is 33.8 Å². The average molecular weight is 701 g/mol. The summed E-state index contributed by atoms with van der Waals surface area (Å²) < 4.78 is 1.75. The molecule has 0 bridgehead atoms. The van der Waals surface area contributed by atoms with Gasteiger partial charge in [-0.05, 0) is 81.1 Å². The molecule has 4 aromatic carbocycles. The third kappa shape index (κ3) is 7.55. The Balaban J connectivity index is 1.38. The number of carbonyl (C=O) groups is 4. The Labute approximate surface area is 298 Å². The number of hydrogen-bond donors (Lipinski definition) is 0. The van der Waals surface area contributed by atoms with Crippen molar-refractivity contribution in [3.05, 3.63) is 123 Å². The van der Waals surface area contributed by atoms with E-state index >= 15 is 0 Å². The van der Waals surface area contributed by atoms with Crippen LogP contribution in [0.15, 0.2) is 101 Å². The van der Waals surface area contributed by atoms with Gasteiger partial charge in [-0.25, -0.2) is 9.59 Å². The van der Waals surface area contributed by atoms with Crippen LogP contribution in [0.1, 0.15) is 93.8 Å². The van der Waals surface area contributed by atoms with Crippen LogP contribution in [-0.2, 0) is 16.2 Å². The molecule has 0 spiro atoms. The van der Waals surface area contributed by atoms with Gasteiger partial charge in [0.15, 0.2) is 0 Å². The Morgan fingerprint density at radius 3 is 1.96 bits per heavy atom. The number of fused-ring (bicyclic) bond motifs is 3. The molecule has 12 heteroatoms. The fourth-order valence-corrected chi connectivity index (χ4v) is 6.67. The molecule has 264 valence electrons. The Bertz CT molecular complexity index is 2250. The monoisotopic (exact) mass is 700 g/mol. The Kier molecular flexibility index (Phi) is 10.7. The number of aromatic nitrogens is 1. The molecule has 1 aromatic heterocycles. The molecule has 0 atom stereocenters. The van der Waals surface area contributed by atoms with E-state index in [9.17, 15) is 29.3 Å². The molecule has 0 unspecified atom stereocenters. The molecule has 52 heavy (non-hydrogen) atoms. The first-order chi connectivity index (χ1) is 25.2. The van der Waals surface area contributed by atoms with Crippen LogP contribution in [0.25, 0.3) is 21.8 Å². The van der Waals surface area contributed by atoms with Gasteiger partial charge in [0, 0.05) is 40.0 Å². The normalized spacial score (nSPS) is 13.7. The second-order valence-corrected chi connectivity index (χ2v) is 12.7. The minimum absolute atomic E-state index is 0.0465. The maximum atomic E-state index is 14.1. The van der Waals surface area contributed by atoms with Crippen LogP contribution in [-0.4, -0.2) is 44.4 Å². The second-order valence-electron chi connectivity index (χ2n) is 12.7. The summed E-state index contributed by atoms with van der Waals surface area (Å²) in [6.45, 7) is 3.55. The van der Waals surface area contributed by atoms with Gasteiger partial charge in [-0.2, -0.15) is 0 Å². The van der Waals surface area contributed by atoms with Crippen molar-refractivity contribution in [2.24, 2.45) is 16.2 Å². The maximum absolute atomic E-state index is 14.1. The van der Waals surface area contributed by atoms with Gasteiger partial charge >= 0.3 is 11.9 Å². The van der Waals surface area contributed by atoms with E-state index in [1.807, 2.05) is 6.92 Å². The number of non-ortho nitro benzene ring substituents is 1. The number of ketones is 2. The number of nitro benzene ring substituents is 1. The van der Waals surface area contributed by atoms with Crippen molar-refractivity contribution in [3.8, 4) is 0 Å². The third-order valence-corrected chi connectivity index (χ3v) is 9.35. The molecular weight excluding hydrogens is 664 g/mol. The highest BCUT2D eigenvalue weighted by Gasteiger charge is 2.27. The van der Waals surface area contributed by atoms with Crippen LogP contribution in [0, 0.1) is 16.0 Å². The largest absolute Gasteiger partial charge is 0.365 e. The molecule has 6 rings (SSSR count). The molecule has 5 aromatic rings. The summed E-state index contributed by atoms with van der Waals surface area (Å²) in [6.07, 6.45) is 5.41. The second kappa shape index (κ2) is 15.7. The summed E-state index contributed by atoms with van der Waals surface area (Å²) in [7, 11) is 0. The zero-order chi connectivity index (χ0) is 36.8. The van der Waals surface area contributed by atoms with Crippen molar-refractivity contribution in [2.75, 3.05) is 0 Å². The van der Waals surface area contributed by atoms with Crippen molar-refractivity contribution in [3.63, 3.8) is 0 Å². The molecule has 1 heterocycles. The topological polar surface area (TPSA) is 160 Å². The first kappa shape index (κ1) is 35.5. The van der Waals surface area contributed by atoms with Crippen LogP contribution >= 0.6 is 0 Å². The molecule has 0 saturated heterocycles. The van der Waals surface area contributed by atoms with Crippen molar-refractivity contribution in [2.45, 2.75) is 58.9 Å². The number of nitrogens with zero attached hydrogens (tertiary/aromatic N) is 4. The lowest BCUT2D eigenvalue weighted by atomic mass is 9.95. The number of carbonyl (C=O) groups excluding carboxylic acids is 4. The van der Waals surface area contributed by atoms with Gasteiger partial charge in [-0.1, -0.05) is 72.4 Å². The SMILES string of the molecule is CCn1c2ccc(C(=O)/C(CCC3CCCC3)=N/OC(=O)c3ccccc3)cc2c2cc(C(=O)/C(C)=N/OC(=O)c3ccccc3)cc([N+](=O)[O-])c21. The summed E-state index contributed by atoms with van der Waals surface area (Å²) in [5, 5.41) is 21.1. The van der Waals surface area contributed by atoms with Gasteiger partial charge in [-0.15, -0.1) is 0 Å². The van der Waals surface area contributed by atoms with E-state index in [0.717, 1.165) is 25.7 Å². The number of rotatable bonds is 13. The molecule has 0 amide bonds.